The molecule has 1 aliphatic heterocycles. The van der Waals surface area contributed by atoms with E-state index >= 15 is 0 Å². The molecule has 1 heterocycles. The number of amides is 2. The van der Waals surface area contributed by atoms with Gasteiger partial charge in [-0.3, -0.25) is 9.59 Å². The van der Waals surface area contributed by atoms with Crippen LogP contribution in [0.4, 0.5) is 4.79 Å². The number of fused-ring (bicyclic) bond motifs is 3. The number of aliphatic carboxylic acids is 1. The first-order chi connectivity index (χ1) is 17.0. The van der Waals surface area contributed by atoms with Crippen LogP contribution in [-0.4, -0.2) is 78.4 Å². The summed E-state index contributed by atoms with van der Waals surface area (Å²) in [6.07, 6.45) is -0.955. The molecular weight excluding hydrogens is 468 g/mol. The number of carbonyl (C=O) groups is 3. The summed E-state index contributed by atoms with van der Waals surface area (Å²) in [4.78, 5) is 37.6. The summed E-state index contributed by atoms with van der Waals surface area (Å²) >= 11 is 1.39. The fraction of sp³-hybridized carbons (Fsp3) is 0.423. The maximum atomic E-state index is 12.5. The molecule has 0 aromatic heterocycles. The van der Waals surface area contributed by atoms with Crippen LogP contribution in [0, 0.1) is 5.92 Å². The van der Waals surface area contributed by atoms with Crippen LogP contribution in [0.5, 0.6) is 0 Å². The minimum atomic E-state index is -0.946. The summed E-state index contributed by atoms with van der Waals surface area (Å²) < 4.78 is 11.0. The van der Waals surface area contributed by atoms with Crippen molar-refractivity contribution >= 4 is 29.7 Å². The number of ether oxygens (including phenoxy) is 2. The van der Waals surface area contributed by atoms with E-state index in [-0.39, 0.29) is 30.7 Å². The minimum Gasteiger partial charge on any atom is -0.481 e. The van der Waals surface area contributed by atoms with E-state index in [2.05, 4.69) is 29.6 Å². The van der Waals surface area contributed by atoms with Gasteiger partial charge >= 0.3 is 12.1 Å². The lowest BCUT2D eigenvalue weighted by molar-refractivity contribution is -0.145. The molecule has 2 aliphatic rings. The van der Waals surface area contributed by atoms with Crippen LogP contribution >= 0.6 is 11.8 Å². The van der Waals surface area contributed by atoms with Crippen molar-refractivity contribution in [2.75, 3.05) is 44.4 Å². The van der Waals surface area contributed by atoms with E-state index in [9.17, 15) is 19.5 Å². The van der Waals surface area contributed by atoms with Gasteiger partial charge in [0, 0.05) is 37.9 Å². The summed E-state index contributed by atoms with van der Waals surface area (Å²) in [5, 5.41) is 12.1. The molecule has 2 aromatic carbocycles. The quantitative estimate of drug-likeness (QED) is 0.485. The van der Waals surface area contributed by atoms with Crippen molar-refractivity contribution in [1.82, 2.24) is 10.2 Å². The largest absolute Gasteiger partial charge is 0.481 e. The predicted octanol–water partition coefficient (Wildman–Crippen LogP) is 3.21. The van der Waals surface area contributed by atoms with Gasteiger partial charge in [0.1, 0.15) is 12.5 Å². The Morgan fingerprint density at radius 3 is 2.34 bits per heavy atom. The molecule has 35 heavy (non-hydrogen) atoms. The lowest BCUT2D eigenvalue weighted by Gasteiger charge is -2.16. The third-order valence-corrected chi connectivity index (χ3v) is 7.35. The van der Waals surface area contributed by atoms with Crippen LogP contribution in [0.3, 0.4) is 0 Å². The van der Waals surface area contributed by atoms with Gasteiger partial charge < -0.3 is 24.8 Å². The van der Waals surface area contributed by atoms with Crippen molar-refractivity contribution in [1.29, 1.82) is 0 Å². The number of thioether (sulfide) groups is 1. The highest BCUT2D eigenvalue weighted by Gasteiger charge is 2.40. The van der Waals surface area contributed by atoms with E-state index in [1.165, 1.54) is 22.9 Å². The maximum Gasteiger partial charge on any atom is 0.407 e. The molecule has 8 nitrogen and oxygen atoms in total. The molecule has 2 aromatic rings. The zero-order valence-electron chi connectivity index (χ0n) is 19.6. The summed E-state index contributed by atoms with van der Waals surface area (Å²) in [6, 6.07) is 16.4. The number of carboxylic acids is 1. The van der Waals surface area contributed by atoms with Gasteiger partial charge in [-0.25, -0.2) is 4.79 Å². The van der Waals surface area contributed by atoms with E-state index < -0.39 is 24.1 Å². The second-order valence-corrected chi connectivity index (χ2v) is 9.65. The van der Waals surface area contributed by atoms with E-state index in [0.717, 1.165) is 11.1 Å². The number of alkyl carbamates (subject to hydrolysis) is 1. The number of rotatable bonds is 10. The minimum absolute atomic E-state index is 0.00995. The highest BCUT2D eigenvalue weighted by molar-refractivity contribution is 7.99. The number of carbonyl (C=O) groups excluding carboxylic acids is 2. The third kappa shape index (κ3) is 5.79. The molecule has 1 aliphatic carbocycles. The highest BCUT2D eigenvalue weighted by atomic mass is 32.2. The topological polar surface area (TPSA) is 105 Å². The smallest absolute Gasteiger partial charge is 0.407 e. The maximum absolute atomic E-state index is 12.5. The summed E-state index contributed by atoms with van der Waals surface area (Å²) in [5.74, 6) is -0.989. The molecule has 2 atom stereocenters. The second-order valence-electron chi connectivity index (χ2n) is 8.54. The zero-order valence-corrected chi connectivity index (χ0v) is 20.5. The molecule has 0 spiro atoms. The van der Waals surface area contributed by atoms with Crippen LogP contribution in [0.15, 0.2) is 48.5 Å². The fourth-order valence-corrected chi connectivity index (χ4v) is 5.47. The van der Waals surface area contributed by atoms with Crippen LogP contribution in [0.1, 0.15) is 24.0 Å². The number of hydrogen-bond donors (Lipinski definition) is 2. The fourth-order valence-electron chi connectivity index (χ4n) is 4.72. The zero-order chi connectivity index (χ0) is 24.8. The lowest BCUT2D eigenvalue weighted by Crippen LogP contribution is -2.32. The molecule has 0 bridgehead atoms. The van der Waals surface area contributed by atoms with Crippen molar-refractivity contribution in [3.63, 3.8) is 0 Å². The number of nitrogens with one attached hydrogen (secondary N) is 1. The summed E-state index contributed by atoms with van der Waals surface area (Å²) in [5.41, 5.74) is 4.68. The number of nitrogens with zero attached hydrogens (tertiary/aromatic N) is 1. The van der Waals surface area contributed by atoms with Gasteiger partial charge in [-0.05, 0) is 29.2 Å². The first kappa shape index (κ1) is 25.1. The van der Waals surface area contributed by atoms with Gasteiger partial charge in [-0.1, -0.05) is 48.5 Å². The first-order valence-electron chi connectivity index (χ1n) is 11.8. The summed E-state index contributed by atoms with van der Waals surface area (Å²) in [7, 11) is 0. The Bertz CT molecular complexity index is 1030. The number of carboxylic acid groups (broad SMARTS) is 1. The molecule has 1 saturated heterocycles. The normalized spacial score (nSPS) is 18.7. The second kappa shape index (κ2) is 11.6. The molecule has 4 rings (SSSR count). The number of likely N-dealkylation sites (tertiary alicyclic amines) is 1. The lowest BCUT2D eigenvalue weighted by atomic mass is 9.98. The van der Waals surface area contributed by atoms with E-state index in [1.807, 2.05) is 31.2 Å². The molecule has 0 saturated carbocycles. The molecule has 186 valence electrons. The average Bonchev–Trinajstić information content (AvgIpc) is 3.42. The van der Waals surface area contributed by atoms with Gasteiger partial charge in [0.2, 0.25) is 5.91 Å². The Morgan fingerprint density at radius 2 is 1.71 bits per heavy atom. The van der Waals surface area contributed by atoms with Gasteiger partial charge in [0.25, 0.3) is 0 Å². The Kier molecular flexibility index (Phi) is 8.30. The van der Waals surface area contributed by atoms with Crippen LogP contribution in [0.25, 0.3) is 11.1 Å². The van der Waals surface area contributed by atoms with Gasteiger partial charge in [-0.15, -0.1) is 0 Å². The highest BCUT2D eigenvalue weighted by Crippen LogP contribution is 2.44. The van der Waals surface area contributed by atoms with Gasteiger partial charge in [0.15, 0.2) is 0 Å². The van der Waals surface area contributed by atoms with Crippen molar-refractivity contribution in [2.24, 2.45) is 5.92 Å². The molecular formula is C26H30N2O6S. The van der Waals surface area contributed by atoms with Crippen LogP contribution in [0.2, 0.25) is 0 Å². The van der Waals surface area contributed by atoms with Crippen molar-refractivity contribution in [3.8, 4) is 11.1 Å². The van der Waals surface area contributed by atoms with Crippen LogP contribution < -0.4 is 5.32 Å². The van der Waals surface area contributed by atoms with Crippen molar-refractivity contribution in [2.45, 2.75) is 18.9 Å². The Labute approximate surface area is 209 Å². The number of benzene rings is 2. The molecule has 1 fully saturated rings. The van der Waals surface area contributed by atoms with Crippen LogP contribution in [-0.2, 0) is 19.1 Å². The Morgan fingerprint density at radius 1 is 1.06 bits per heavy atom. The Hall–Kier alpha value is -3.04. The molecule has 2 N–H and O–H groups in total. The molecule has 0 radical (unpaired) electrons. The van der Waals surface area contributed by atoms with E-state index in [0.29, 0.717) is 25.4 Å². The van der Waals surface area contributed by atoms with Crippen molar-refractivity contribution < 1.29 is 29.0 Å². The van der Waals surface area contributed by atoms with Gasteiger partial charge in [-0.2, -0.15) is 11.8 Å². The third-order valence-electron chi connectivity index (χ3n) is 6.40. The Balaban J connectivity index is 1.17. The average molecular weight is 499 g/mol. The molecule has 2 amide bonds. The predicted molar refractivity (Wildman–Crippen MR) is 134 cm³/mol. The van der Waals surface area contributed by atoms with E-state index in [1.54, 1.807) is 4.90 Å². The SMILES string of the molecule is CCOC1CN(C(=O)CSCCNC(=O)OCC2c3ccccc3-c3ccccc32)CC1C(=O)O. The molecule has 2 unspecified atom stereocenters. The van der Waals surface area contributed by atoms with E-state index in [4.69, 9.17) is 9.47 Å². The standard InChI is InChI=1S/C26H30N2O6S/c1-2-33-23-14-28(13-21(23)25(30)31)24(29)16-35-12-11-27-26(32)34-15-22-19-9-5-3-7-17(19)18-8-4-6-10-20(18)22/h3-10,21-23H,2,11-16H2,1H3,(H,27,32)(H,30,31). The first-order valence-corrected chi connectivity index (χ1v) is 12.9. The number of hydrogen-bond acceptors (Lipinski definition) is 6. The summed E-state index contributed by atoms with van der Waals surface area (Å²) in [6.45, 7) is 3.30. The molecule has 9 heteroatoms. The van der Waals surface area contributed by atoms with Crippen molar-refractivity contribution in [3.05, 3.63) is 59.7 Å². The van der Waals surface area contributed by atoms with Gasteiger partial charge in [0.05, 0.1) is 11.9 Å². The monoisotopic (exact) mass is 498 g/mol.